The summed E-state index contributed by atoms with van der Waals surface area (Å²) in [6.45, 7) is 10.1. The van der Waals surface area contributed by atoms with Crippen molar-refractivity contribution in [3.05, 3.63) is 12.2 Å². The van der Waals surface area contributed by atoms with Crippen LogP contribution in [0.15, 0.2) is 12.2 Å². The van der Waals surface area contributed by atoms with E-state index in [9.17, 15) is 4.79 Å². The maximum atomic E-state index is 12.0. The Balaban J connectivity index is 2.23. The SMILES string of the molecule is C=C(C)C(=O)OC1(C2CC2)CCCCC(C)C1C. The fourth-order valence-corrected chi connectivity index (χ4v) is 3.46. The van der Waals surface area contributed by atoms with Gasteiger partial charge in [0, 0.05) is 5.57 Å². The van der Waals surface area contributed by atoms with Crippen molar-refractivity contribution in [1.82, 2.24) is 0 Å². The second kappa shape index (κ2) is 5.07. The van der Waals surface area contributed by atoms with E-state index >= 15 is 0 Å². The van der Waals surface area contributed by atoms with Crippen molar-refractivity contribution in [3.8, 4) is 0 Å². The highest BCUT2D eigenvalue weighted by atomic mass is 16.6. The van der Waals surface area contributed by atoms with E-state index < -0.39 is 0 Å². The highest BCUT2D eigenvalue weighted by Gasteiger charge is 2.53. The molecular formula is C16H26O2. The molecule has 2 heteroatoms. The summed E-state index contributed by atoms with van der Waals surface area (Å²) >= 11 is 0. The van der Waals surface area contributed by atoms with E-state index in [1.807, 2.05) is 0 Å². The average Bonchev–Trinajstić information content (AvgIpc) is 3.14. The van der Waals surface area contributed by atoms with Gasteiger partial charge in [-0.15, -0.1) is 0 Å². The van der Waals surface area contributed by atoms with Gasteiger partial charge in [0.2, 0.25) is 0 Å². The minimum absolute atomic E-state index is 0.192. The highest BCUT2D eigenvalue weighted by molar-refractivity contribution is 5.87. The summed E-state index contributed by atoms with van der Waals surface area (Å²) in [5, 5.41) is 0. The molecule has 3 unspecified atom stereocenters. The van der Waals surface area contributed by atoms with Crippen LogP contribution < -0.4 is 0 Å². The molecule has 2 saturated carbocycles. The Morgan fingerprint density at radius 3 is 2.44 bits per heavy atom. The predicted octanol–water partition coefficient (Wildman–Crippen LogP) is 4.10. The van der Waals surface area contributed by atoms with Crippen LogP contribution in [-0.2, 0) is 9.53 Å². The summed E-state index contributed by atoms with van der Waals surface area (Å²) in [7, 11) is 0. The lowest BCUT2D eigenvalue weighted by Gasteiger charge is -2.40. The first-order chi connectivity index (χ1) is 8.47. The molecule has 0 heterocycles. The molecule has 0 aromatic carbocycles. The monoisotopic (exact) mass is 250 g/mol. The van der Waals surface area contributed by atoms with Crippen molar-refractivity contribution >= 4 is 5.97 Å². The molecule has 0 aromatic heterocycles. The van der Waals surface area contributed by atoms with E-state index in [0.29, 0.717) is 23.3 Å². The molecule has 0 bridgehead atoms. The molecule has 3 atom stereocenters. The number of esters is 1. The summed E-state index contributed by atoms with van der Waals surface area (Å²) < 4.78 is 5.99. The third kappa shape index (κ3) is 2.48. The number of ether oxygens (including phenoxy) is 1. The first-order valence-electron chi connectivity index (χ1n) is 7.36. The van der Waals surface area contributed by atoms with E-state index in [1.54, 1.807) is 6.92 Å². The Kier molecular flexibility index (Phi) is 3.84. The number of hydrogen-bond acceptors (Lipinski definition) is 2. The maximum Gasteiger partial charge on any atom is 0.333 e. The number of hydrogen-bond donors (Lipinski definition) is 0. The molecule has 0 radical (unpaired) electrons. The van der Waals surface area contributed by atoms with Gasteiger partial charge in [-0.25, -0.2) is 4.79 Å². The van der Waals surface area contributed by atoms with Crippen LogP contribution in [0.5, 0.6) is 0 Å². The van der Waals surface area contributed by atoms with Crippen LogP contribution in [0, 0.1) is 17.8 Å². The van der Waals surface area contributed by atoms with E-state index in [4.69, 9.17) is 4.74 Å². The minimum atomic E-state index is -0.202. The third-order valence-corrected chi connectivity index (χ3v) is 5.00. The number of rotatable bonds is 3. The summed E-state index contributed by atoms with van der Waals surface area (Å²) in [6, 6.07) is 0. The van der Waals surface area contributed by atoms with Crippen molar-refractivity contribution in [1.29, 1.82) is 0 Å². The zero-order valence-corrected chi connectivity index (χ0v) is 12.0. The molecule has 18 heavy (non-hydrogen) atoms. The van der Waals surface area contributed by atoms with E-state index in [2.05, 4.69) is 20.4 Å². The van der Waals surface area contributed by atoms with Crippen LogP contribution >= 0.6 is 0 Å². The van der Waals surface area contributed by atoms with Crippen LogP contribution in [0.2, 0.25) is 0 Å². The van der Waals surface area contributed by atoms with Gasteiger partial charge in [0.1, 0.15) is 5.60 Å². The second-order valence-electron chi connectivity index (χ2n) is 6.41. The lowest BCUT2D eigenvalue weighted by molar-refractivity contribution is -0.167. The fourth-order valence-electron chi connectivity index (χ4n) is 3.46. The molecule has 2 nitrogen and oxygen atoms in total. The van der Waals surface area contributed by atoms with Crippen molar-refractivity contribution in [2.24, 2.45) is 17.8 Å². The maximum absolute atomic E-state index is 12.0. The summed E-state index contributed by atoms with van der Waals surface area (Å²) in [5.74, 6) is 1.51. The van der Waals surface area contributed by atoms with Gasteiger partial charge in [-0.2, -0.15) is 0 Å². The molecule has 2 fully saturated rings. The van der Waals surface area contributed by atoms with E-state index in [-0.39, 0.29) is 11.6 Å². The number of carbonyl (C=O) groups excluding carboxylic acids is 1. The Bertz CT molecular complexity index is 343. The average molecular weight is 250 g/mol. The van der Waals surface area contributed by atoms with Gasteiger partial charge in [0.25, 0.3) is 0 Å². The zero-order chi connectivity index (χ0) is 13.3. The first-order valence-corrected chi connectivity index (χ1v) is 7.36. The second-order valence-corrected chi connectivity index (χ2v) is 6.41. The lowest BCUT2D eigenvalue weighted by Crippen LogP contribution is -2.45. The zero-order valence-electron chi connectivity index (χ0n) is 12.0. The molecule has 2 aliphatic rings. The lowest BCUT2D eigenvalue weighted by atomic mass is 9.75. The van der Waals surface area contributed by atoms with Gasteiger partial charge in [-0.05, 0) is 50.4 Å². The molecule has 102 valence electrons. The quantitative estimate of drug-likeness (QED) is 0.428. The van der Waals surface area contributed by atoms with Gasteiger partial charge in [-0.1, -0.05) is 33.3 Å². The topological polar surface area (TPSA) is 26.3 Å². The molecule has 0 N–H and O–H groups in total. The Hall–Kier alpha value is -0.790. The molecule has 2 rings (SSSR count). The normalized spacial score (nSPS) is 36.8. The Morgan fingerprint density at radius 1 is 1.22 bits per heavy atom. The van der Waals surface area contributed by atoms with Crippen molar-refractivity contribution in [3.63, 3.8) is 0 Å². The standard InChI is InChI=1S/C16H26O2/c1-11(2)15(17)18-16(14-8-9-14)10-6-5-7-12(3)13(16)4/h12-14H,1,5-10H2,2-4H3. The van der Waals surface area contributed by atoms with E-state index in [0.717, 1.165) is 6.42 Å². The summed E-state index contributed by atoms with van der Waals surface area (Å²) in [6.07, 6.45) is 7.21. The third-order valence-electron chi connectivity index (χ3n) is 5.00. The molecule has 0 aliphatic heterocycles. The van der Waals surface area contributed by atoms with Crippen molar-refractivity contribution in [2.75, 3.05) is 0 Å². The number of carbonyl (C=O) groups is 1. The molecular weight excluding hydrogens is 224 g/mol. The molecule has 0 amide bonds. The van der Waals surface area contributed by atoms with Gasteiger partial charge in [-0.3, -0.25) is 0 Å². The molecule has 0 aromatic rings. The molecule has 0 saturated heterocycles. The van der Waals surface area contributed by atoms with Crippen LogP contribution in [0.1, 0.15) is 59.3 Å². The largest absolute Gasteiger partial charge is 0.455 e. The Morgan fingerprint density at radius 2 is 1.89 bits per heavy atom. The summed E-state index contributed by atoms with van der Waals surface area (Å²) in [4.78, 5) is 12.0. The summed E-state index contributed by atoms with van der Waals surface area (Å²) in [5.41, 5.74) is 0.325. The van der Waals surface area contributed by atoms with Crippen LogP contribution in [-0.4, -0.2) is 11.6 Å². The van der Waals surface area contributed by atoms with Gasteiger partial charge in [0.05, 0.1) is 0 Å². The first kappa shape index (κ1) is 13.6. The highest BCUT2D eigenvalue weighted by Crippen LogP contribution is 2.52. The van der Waals surface area contributed by atoms with Crippen LogP contribution in [0.4, 0.5) is 0 Å². The fraction of sp³-hybridized carbons (Fsp3) is 0.812. The van der Waals surface area contributed by atoms with Crippen LogP contribution in [0.3, 0.4) is 0 Å². The van der Waals surface area contributed by atoms with Crippen LogP contribution in [0.25, 0.3) is 0 Å². The van der Waals surface area contributed by atoms with Crippen molar-refractivity contribution < 1.29 is 9.53 Å². The minimum Gasteiger partial charge on any atom is -0.455 e. The predicted molar refractivity (Wildman–Crippen MR) is 73.2 cm³/mol. The smallest absolute Gasteiger partial charge is 0.333 e. The molecule has 2 aliphatic carbocycles. The molecule has 0 spiro atoms. The van der Waals surface area contributed by atoms with Gasteiger partial charge < -0.3 is 4.74 Å². The van der Waals surface area contributed by atoms with Crippen molar-refractivity contribution in [2.45, 2.75) is 64.9 Å². The van der Waals surface area contributed by atoms with E-state index in [1.165, 1.54) is 32.1 Å². The Labute approximate surface area is 111 Å². The van der Waals surface area contributed by atoms with Gasteiger partial charge >= 0.3 is 5.97 Å². The van der Waals surface area contributed by atoms with Gasteiger partial charge in [0.15, 0.2) is 0 Å².